The number of sulfonamides is 1. The van der Waals surface area contributed by atoms with Crippen LogP contribution in [0.5, 0.6) is 0 Å². The molecule has 0 aliphatic heterocycles. The minimum absolute atomic E-state index is 0. The van der Waals surface area contributed by atoms with Crippen LogP contribution in [-0.2, 0) is 10.0 Å². The summed E-state index contributed by atoms with van der Waals surface area (Å²) >= 11 is 7.75. The molecule has 3 N–H and O–H groups in total. The van der Waals surface area contributed by atoms with Crippen molar-refractivity contribution in [3.8, 4) is 0 Å². The molecule has 0 aromatic heterocycles. The van der Waals surface area contributed by atoms with Crippen molar-refractivity contribution in [2.45, 2.75) is 35.4 Å². The third-order valence-electron chi connectivity index (χ3n) is 4.10. The predicted octanol–water partition coefficient (Wildman–Crippen LogP) is 2.69. The van der Waals surface area contributed by atoms with Crippen molar-refractivity contribution in [1.82, 2.24) is 15.4 Å². The summed E-state index contributed by atoms with van der Waals surface area (Å²) in [5.41, 5.74) is 0. The summed E-state index contributed by atoms with van der Waals surface area (Å²) in [6.07, 6.45) is 5.62. The minimum atomic E-state index is -3.56. The maximum atomic E-state index is 12.2. The van der Waals surface area contributed by atoms with Crippen molar-refractivity contribution < 1.29 is 8.42 Å². The number of thioether (sulfide) groups is 1. The number of hydrogen-bond acceptors (Lipinski definition) is 4. The predicted molar refractivity (Wildman–Crippen MR) is 121 cm³/mol. The van der Waals surface area contributed by atoms with E-state index < -0.39 is 10.0 Å². The van der Waals surface area contributed by atoms with Crippen LogP contribution in [0.1, 0.15) is 19.3 Å². The van der Waals surface area contributed by atoms with Gasteiger partial charge in [-0.1, -0.05) is 17.7 Å². The smallest absolute Gasteiger partial charge is 0.240 e. The van der Waals surface area contributed by atoms with Crippen LogP contribution in [0.4, 0.5) is 0 Å². The fourth-order valence-electron chi connectivity index (χ4n) is 2.76. The summed E-state index contributed by atoms with van der Waals surface area (Å²) in [4.78, 5) is 4.36. The molecule has 1 aliphatic rings. The molecule has 26 heavy (non-hydrogen) atoms. The molecular weight excluding hydrogens is 507 g/mol. The summed E-state index contributed by atoms with van der Waals surface area (Å²) in [7, 11) is -1.84. The van der Waals surface area contributed by atoms with E-state index in [4.69, 9.17) is 11.6 Å². The van der Waals surface area contributed by atoms with Gasteiger partial charge in [0.05, 0.1) is 4.90 Å². The number of nitrogens with zero attached hydrogens (tertiary/aromatic N) is 1. The maximum Gasteiger partial charge on any atom is 0.240 e. The van der Waals surface area contributed by atoms with E-state index in [2.05, 4.69) is 26.6 Å². The Morgan fingerprint density at radius 3 is 2.73 bits per heavy atom. The second kappa shape index (κ2) is 11.6. The lowest BCUT2D eigenvalue weighted by Gasteiger charge is -2.17. The fourth-order valence-corrected chi connectivity index (χ4v) is 4.89. The van der Waals surface area contributed by atoms with Crippen molar-refractivity contribution in [2.75, 3.05) is 26.4 Å². The van der Waals surface area contributed by atoms with Gasteiger partial charge in [0.15, 0.2) is 5.96 Å². The Bertz CT molecular complexity index is 703. The van der Waals surface area contributed by atoms with Gasteiger partial charge in [0.1, 0.15) is 0 Å². The third-order valence-corrected chi connectivity index (χ3v) is 6.89. The number of benzene rings is 1. The highest BCUT2D eigenvalue weighted by atomic mass is 127. The number of halogens is 2. The fraction of sp³-hybridized carbons (Fsp3) is 0.562. The van der Waals surface area contributed by atoms with Gasteiger partial charge < -0.3 is 10.6 Å². The van der Waals surface area contributed by atoms with Gasteiger partial charge in [0.25, 0.3) is 0 Å². The van der Waals surface area contributed by atoms with Crippen molar-refractivity contribution in [3.05, 3.63) is 29.3 Å². The van der Waals surface area contributed by atoms with Gasteiger partial charge in [0.2, 0.25) is 10.0 Å². The number of guanidine groups is 1. The first-order chi connectivity index (χ1) is 11.9. The van der Waals surface area contributed by atoms with E-state index in [9.17, 15) is 8.42 Å². The highest BCUT2D eigenvalue weighted by molar-refractivity contribution is 14.0. The van der Waals surface area contributed by atoms with E-state index in [0.29, 0.717) is 28.8 Å². The monoisotopic (exact) mass is 532 g/mol. The van der Waals surface area contributed by atoms with Crippen molar-refractivity contribution in [2.24, 2.45) is 4.99 Å². The topological polar surface area (TPSA) is 82.6 Å². The van der Waals surface area contributed by atoms with Crippen molar-refractivity contribution in [3.63, 3.8) is 0 Å². The molecule has 1 aromatic carbocycles. The molecule has 0 bridgehead atoms. The average Bonchev–Trinajstić information content (AvgIpc) is 3.05. The van der Waals surface area contributed by atoms with Gasteiger partial charge in [-0.05, 0) is 43.7 Å². The van der Waals surface area contributed by atoms with Crippen LogP contribution in [0.15, 0.2) is 34.2 Å². The number of nitrogens with one attached hydrogen (secondary N) is 3. The van der Waals surface area contributed by atoms with E-state index in [1.807, 2.05) is 11.8 Å². The largest absolute Gasteiger partial charge is 0.355 e. The lowest BCUT2D eigenvalue weighted by atomic mass is 10.2. The van der Waals surface area contributed by atoms with Gasteiger partial charge in [-0.2, -0.15) is 11.8 Å². The van der Waals surface area contributed by atoms with Crippen LogP contribution in [0, 0.1) is 0 Å². The maximum absolute atomic E-state index is 12.2. The van der Waals surface area contributed by atoms with Gasteiger partial charge in [-0.15, -0.1) is 24.0 Å². The molecule has 6 nitrogen and oxygen atoms in total. The lowest BCUT2D eigenvalue weighted by Crippen LogP contribution is -2.45. The zero-order valence-corrected chi connectivity index (χ0v) is 19.6. The molecule has 0 saturated heterocycles. The van der Waals surface area contributed by atoms with Crippen LogP contribution >= 0.6 is 47.3 Å². The lowest BCUT2D eigenvalue weighted by molar-refractivity contribution is 0.578. The third kappa shape index (κ3) is 7.41. The normalized spacial score (nSPS) is 20.5. The Kier molecular flexibility index (Phi) is 10.6. The van der Waals surface area contributed by atoms with Crippen LogP contribution in [0.2, 0.25) is 5.02 Å². The molecule has 1 aromatic rings. The first kappa shape index (κ1) is 23.8. The van der Waals surface area contributed by atoms with Crippen molar-refractivity contribution >= 4 is 63.3 Å². The van der Waals surface area contributed by atoms with E-state index in [0.717, 1.165) is 12.8 Å². The summed E-state index contributed by atoms with van der Waals surface area (Å²) < 4.78 is 27.0. The van der Waals surface area contributed by atoms with Crippen LogP contribution < -0.4 is 15.4 Å². The van der Waals surface area contributed by atoms with Crippen LogP contribution in [0.3, 0.4) is 0 Å². The van der Waals surface area contributed by atoms with Crippen LogP contribution in [0.25, 0.3) is 0 Å². The Labute approximate surface area is 182 Å². The molecule has 148 valence electrons. The first-order valence-corrected chi connectivity index (χ1v) is 11.3. The van der Waals surface area contributed by atoms with E-state index in [1.54, 1.807) is 19.2 Å². The Hall–Kier alpha value is -0.230. The minimum Gasteiger partial charge on any atom is -0.355 e. The molecule has 1 fully saturated rings. The standard InChI is InChI=1S/C16H25ClN4O2S2.HI/c1-18-16(21-13-6-7-14(11-13)24-2)19-8-9-20-25(22,23)15-5-3-4-12(17)10-15;/h3-5,10,13-14,20H,6-9,11H2,1-2H3,(H2,18,19,21);1H. The van der Waals surface area contributed by atoms with E-state index in [1.165, 1.54) is 18.6 Å². The molecule has 2 unspecified atom stereocenters. The molecule has 0 spiro atoms. The summed E-state index contributed by atoms with van der Waals surface area (Å²) in [5.74, 6) is 0.703. The molecule has 0 radical (unpaired) electrons. The molecule has 1 saturated carbocycles. The quantitative estimate of drug-likeness (QED) is 0.218. The SMILES string of the molecule is CN=C(NCCNS(=O)(=O)c1cccc(Cl)c1)NC1CCC(SC)C1.I. The molecule has 2 atom stereocenters. The molecule has 2 rings (SSSR count). The first-order valence-electron chi connectivity index (χ1n) is 8.20. The second-order valence-electron chi connectivity index (χ2n) is 5.87. The zero-order valence-electron chi connectivity index (χ0n) is 14.9. The summed E-state index contributed by atoms with van der Waals surface area (Å²) in [6.45, 7) is 0.700. The average molecular weight is 533 g/mol. The Balaban J connectivity index is 0.00000338. The number of hydrogen-bond donors (Lipinski definition) is 3. The highest BCUT2D eigenvalue weighted by Crippen LogP contribution is 2.27. The summed E-state index contributed by atoms with van der Waals surface area (Å²) in [5, 5.41) is 7.64. The van der Waals surface area contributed by atoms with Gasteiger partial charge in [-0.25, -0.2) is 13.1 Å². The molecule has 0 heterocycles. The summed E-state index contributed by atoms with van der Waals surface area (Å²) in [6, 6.07) is 6.63. The molecular formula is C16H26ClIN4O2S2. The van der Waals surface area contributed by atoms with Gasteiger partial charge >= 0.3 is 0 Å². The highest BCUT2D eigenvalue weighted by Gasteiger charge is 2.24. The molecule has 10 heteroatoms. The Morgan fingerprint density at radius 1 is 1.35 bits per heavy atom. The van der Waals surface area contributed by atoms with Gasteiger partial charge in [-0.3, -0.25) is 4.99 Å². The van der Waals surface area contributed by atoms with Gasteiger partial charge in [0, 0.05) is 36.5 Å². The Morgan fingerprint density at radius 2 is 2.12 bits per heavy atom. The number of aliphatic imine (C=N–C) groups is 1. The van der Waals surface area contributed by atoms with Crippen LogP contribution in [-0.4, -0.2) is 52.1 Å². The van der Waals surface area contributed by atoms with E-state index in [-0.39, 0.29) is 35.4 Å². The zero-order chi connectivity index (χ0) is 18.3. The number of rotatable bonds is 7. The van der Waals surface area contributed by atoms with E-state index >= 15 is 0 Å². The second-order valence-corrected chi connectivity index (χ2v) is 9.21. The molecule has 1 aliphatic carbocycles. The molecule has 0 amide bonds. The van der Waals surface area contributed by atoms with Crippen molar-refractivity contribution in [1.29, 1.82) is 0 Å².